The molecule has 0 saturated carbocycles. The van der Waals surface area contributed by atoms with Gasteiger partial charge in [0.2, 0.25) is 11.8 Å². The van der Waals surface area contributed by atoms with Crippen LogP contribution < -0.4 is 5.32 Å². The van der Waals surface area contributed by atoms with E-state index in [0.29, 0.717) is 19.5 Å². The van der Waals surface area contributed by atoms with Gasteiger partial charge in [-0.25, -0.2) is 4.39 Å². The molecule has 1 unspecified atom stereocenters. The molecule has 0 spiro atoms. The molecule has 2 rings (SSSR count). The third kappa shape index (κ3) is 5.73. The molecule has 1 aromatic rings. The topological polar surface area (TPSA) is 49.4 Å². The van der Waals surface area contributed by atoms with Crippen molar-refractivity contribution < 1.29 is 14.0 Å². The minimum absolute atomic E-state index is 0.0198. The van der Waals surface area contributed by atoms with Gasteiger partial charge in [-0.3, -0.25) is 9.59 Å². The molecule has 1 aliphatic heterocycles. The van der Waals surface area contributed by atoms with Crippen molar-refractivity contribution in [2.75, 3.05) is 18.8 Å². The van der Waals surface area contributed by atoms with Crippen LogP contribution in [0.1, 0.15) is 39.5 Å². The van der Waals surface area contributed by atoms with Gasteiger partial charge < -0.3 is 10.2 Å². The zero-order valence-electron chi connectivity index (χ0n) is 15.0. The summed E-state index contributed by atoms with van der Waals surface area (Å²) >= 11 is 1.64. The van der Waals surface area contributed by atoms with Gasteiger partial charge >= 0.3 is 0 Å². The predicted molar refractivity (Wildman–Crippen MR) is 98.9 cm³/mol. The summed E-state index contributed by atoms with van der Waals surface area (Å²) in [4.78, 5) is 27.3. The molecule has 0 aliphatic carbocycles. The van der Waals surface area contributed by atoms with Gasteiger partial charge in [0.05, 0.1) is 5.92 Å². The van der Waals surface area contributed by atoms with Crippen LogP contribution in [0.5, 0.6) is 0 Å². The Kier molecular flexibility index (Phi) is 7.75. The van der Waals surface area contributed by atoms with Crippen molar-refractivity contribution in [2.45, 2.75) is 50.5 Å². The van der Waals surface area contributed by atoms with Gasteiger partial charge in [0, 0.05) is 30.4 Å². The summed E-state index contributed by atoms with van der Waals surface area (Å²) in [5, 5.41) is 2.94. The Morgan fingerprint density at radius 2 is 2.00 bits per heavy atom. The summed E-state index contributed by atoms with van der Waals surface area (Å²) < 4.78 is 12.8. The van der Waals surface area contributed by atoms with Crippen LogP contribution in [0, 0.1) is 11.7 Å². The first-order chi connectivity index (χ1) is 12.0. The van der Waals surface area contributed by atoms with E-state index in [9.17, 15) is 14.0 Å². The van der Waals surface area contributed by atoms with Crippen LogP contribution in [0.4, 0.5) is 4.39 Å². The van der Waals surface area contributed by atoms with Crippen LogP contribution in [0.3, 0.4) is 0 Å². The lowest BCUT2D eigenvalue weighted by Gasteiger charge is -2.26. The lowest BCUT2D eigenvalue weighted by molar-refractivity contribution is -0.130. The second-order valence-corrected chi connectivity index (χ2v) is 7.53. The molecule has 138 valence electrons. The molecular weight excluding hydrogens is 339 g/mol. The predicted octanol–water partition coefficient (Wildman–Crippen LogP) is 3.46. The molecule has 1 atom stereocenters. The van der Waals surface area contributed by atoms with E-state index in [1.807, 2.05) is 4.90 Å². The molecule has 6 heteroatoms. The number of hydrogen-bond acceptors (Lipinski definition) is 3. The van der Waals surface area contributed by atoms with Gasteiger partial charge in [0.1, 0.15) is 5.82 Å². The molecule has 1 aromatic carbocycles. The van der Waals surface area contributed by atoms with Crippen molar-refractivity contribution in [1.82, 2.24) is 10.2 Å². The van der Waals surface area contributed by atoms with Crippen molar-refractivity contribution in [3.8, 4) is 0 Å². The SMILES string of the molecule is CCC(CC)N1CC(C(=O)NCCCSc2ccc(F)cc2)CC1=O. The second-order valence-electron chi connectivity index (χ2n) is 6.36. The highest BCUT2D eigenvalue weighted by Crippen LogP contribution is 2.23. The average Bonchev–Trinajstić information content (AvgIpc) is 2.99. The van der Waals surface area contributed by atoms with Gasteiger partial charge in [-0.15, -0.1) is 11.8 Å². The van der Waals surface area contributed by atoms with Crippen LogP contribution in [-0.4, -0.2) is 41.6 Å². The van der Waals surface area contributed by atoms with E-state index < -0.39 is 0 Å². The number of hydrogen-bond donors (Lipinski definition) is 1. The van der Waals surface area contributed by atoms with Gasteiger partial charge in [0.15, 0.2) is 0 Å². The summed E-state index contributed by atoms with van der Waals surface area (Å²) in [7, 11) is 0. The second kappa shape index (κ2) is 9.80. The molecular formula is C19H27FN2O2S. The third-order valence-electron chi connectivity index (χ3n) is 4.62. The largest absolute Gasteiger partial charge is 0.356 e. The number of benzene rings is 1. The fraction of sp³-hybridized carbons (Fsp3) is 0.579. The van der Waals surface area contributed by atoms with Crippen molar-refractivity contribution >= 4 is 23.6 Å². The van der Waals surface area contributed by atoms with Crippen LogP contribution in [0.25, 0.3) is 0 Å². The Morgan fingerprint density at radius 3 is 2.64 bits per heavy atom. The molecule has 1 saturated heterocycles. The number of likely N-dealkylation sites (tertiary alicyclic amines) is 1. The lowest BCUT2D eigenvalue weighted by atomic mass is 10.1. The van der Waals surface area contributed by atoms with Crippen molar-refractivity contribution in [2.24, 2.45) is 5.92 Å². The third-order valence-corrected chi connectivity index (χ3v) is 5.71. The Hall–Kier alpha value is -1.56. The lowest BCUT2D eigenvalue weighted by Crippen LogP contribution is -2.38. The van der Waals surface area contributed by atoms with Gasteiger partial charge in [-0.2, -0.15) is 0 Å². The van der Waals surface area contributed by atoms with Crippen molar-refractivity contribution in [3.63, 3.8) is 0 Å². The molecule has 2 amide bonds. The average molecular weight is 367 g/mol. The van der Waals surface area contributed by atoms with Crippen molar-refractivity contribution in [3.05, 3.63) is 30.1 Å². The molecule has 1 fully saturated rings. The number of nitrogens with zero attached hydrogens (tertiary/aromatic N) is 1. The monoisotopic (exact) mass is 366 g/mol. The number of halogens is 1. The van der Waals surface area contributed by atoms with E-state index in [1.54, 1.807) is 23.9 Å². The Labute approximate surface area is 153 Å². The van der Waals surface area contributed by atoms with E-state index in [1.165, 1.54) is 12.1 Å². The summed E-state index contributed by atoms with van der Waals surface area (Å²) in [5.41, 5.74) is 0. The molecule has 0 bridgehead atoms. The summed E-state index contributed by atoms with van der Waals surface area (Å²) in [5.74, 6) is 0.479. The number of rotatable bonds is 9. The standard InChI is InChI=1S/C19H27FN2O2S/c1-3-16(4-2)22-13-14(12-18(22)23)19(24)21-10-5-11-25-17-8-6-15(20)7-9-17/h6-9,14,16H,3-5,10-13H2,1-2H3,(H,21,24). The van der Waals surface area contributed by atoms with Gasteiger partial charge in [-0.1, -0.05) is 13.8 Å². The van der Waals surface area contributed by atoms with Crippen LogP contribution >= 0.6 is 11.8 Å². The molecule has 1 N–H and O–H groups in total. The van der Waals surface area contributed by atoms with E-state index in [0.717, 1.165) is 29.9 Å². The molecule has 0 aromatic heterocycles. The Morgan fingerprint density at radius 1 is 1.32 bits per heavy atom. The zero-order valence-corrected chi connectivity index (χ0v) is 15.8. The highest BCUT2D eigenvalue weighted by Gasteiger charge is 2.36. The minimum Gasteiger partial charge on any atom is -0.356 e. The molecule has 25 heavy (non-hydrogen) atoms. The molecule has 4 nitrogen and oxygen atoms in total. The van der Waals surface area contributed by atoms with E-state index in [2.05, 4.69) is 19.2 Å². The summed E-state index contributed by atoms with van der Waals surface area (Å²) in [6, 6.07) is 6.67. The number of carbonyl (C=O) groups excluding carboxylic acids is 2. The quantitative estimate of drug-likeness (QED) is 0.538. The number of amides is 2. The Balaban J connectivity index is 1.67. The normalized spacial score (nSPS) is 17.4. The summed E-state index contributed by atoms with van der Waals surface area (Å²) in [6.45, 7) is 5.30. The number of thioether (sulfide) groups is 1. The highest BCUT2D eigenvalue weighted by molar-refractivity contribution is 7.99. The van der Waals surface area contributed by atoms with E-state index in [4.69, 9.17) is 0 Å². The number of nitrogens with one attached hydrogen (secondary N) is 1. The first-order valence-electron chi connectivity index (χ1n) is 9.00. The van der Waals surface area contributed by atoms with Gasteiger partial charge in [0.25, 0.3) is 0 Å². The zero-order chi connectivity index (χ0) is 18.2. The van der Waals surface area contributed by atoms with Gasteiger partial charge in [-0.05, 0) is 49.3 Å². The van der Waals surface area contributed by atoms with E-state index >= 15 is 0 Å². The van der Waals surface area contributed by atoms with Crippen LogP contribution in [0.2, 0.25) is 0 Å². The maximum atomic E-state index is 12.8. The fourth-order valence-electron chi connectivity index (χ4n) is 3.14. The fourth-order valence-corrected chi connectivity index (χ4v) is 3.99. The highest BCUT2D eigenvalue weighted by atomic mass is 32.2. The van der Waals surface area contributed by atoms with Crippen molar-refractivity contribution in [1.29, 1.82) is 0 Å². The smallest absolute Gasteiger partial charge is 0.225 e. The first-order valence-corrected chi connectivity index (χ1v) is 9.99. The molecule has 1 heterocycles. The first kappa shape index (κ1) is 19.8. The summed E-state index contributed by atoms with van der Waals surface area (Å²) in [6.07, 6.45) is 3.02. The van der Waals surface area contributed by atoms with Crippen LogP contribution in [0.15, 0.2) is 29.2 Å². The number of carbonyl (C=O) groups is 2. The molecule has 0 radical (unpaired) electrons. The maximum absolute atomic E-state index is 12.8. The molecule has 1 aliphatic rings. The van der Waals surface area contributed by atoms with Crippen LogP contribution in [-0.2, 0) is 9.59 Å². The maximum Gasteiger partial charge on any atom is 0.225 e. The minimum atomic E-state index is -0.231. The van der Waals surface area contributed by atoms with E-state index in [-0.39, 0.29) is 29.6 Å². The Bertz CT molecular complexity index is 575.